The van der Waals surface area contributed by atoms with Crippen LogP contribution in [0, 0.1) is 0 Å². The number of aryl methyl sites for hydroxylation is 1. The maximum absolute atomic E-state index is 12.6. The van der Waals surface area contributed by atoms with Gasteiger partial charge in [-0.15, -0.1) is 22.9 Å². The summed E-state index contributed by atoms with van der Waals surface area (Å²) < 4.78 is 0. The van der Waals surface area contributed by atoms with Crippen molar-refractivity contribution in [2.24, 2.45) is 0 Å². The van der Waals surface area contributed by atoms with Gasteiger partial charge in [-0.05, 0) is 36.3 Å². The van der Waals surface area contributed by atoms with Crippen LogP contribution in [0.4, 0.5) is 0 Å². The zero-order valence-electron chi connectivity index (χ0n) is 11.4. The summed E-state index contributed by atoms with van der Waals surface area (Å²) in [5.41, 5.74) is 1.15. The van der Waals surface area contributed by atoms with Crippen molar-refractivity contribution in [3.63, 3.8) is 0 Å². The Labute approximate surface area is 119 Å². The van der Waals surface area contributed by atoms with Crippen LogP contribution in [0.2, 0.25) is 0 Å². The van der Waals surface area contributed by atoms with E-state index in [9.17, 15) is 4.79 Å². The number of thiophene rings is 1. The van der Waals surface area contributed by atoms with Crippen LogP contribution < -0.4 is 0 Å². The predicted octanol–water partition coefficient (Wildman–Crippen LogP) is 4.18. The molecule has 0 fully saturated rings. The zero-order chi connectivity index (χ0) is 13.5. The summed E-state index contributed by atoms with van der Waals surface area (Å²) in [7, 11) is 0. The molecular formula is C14H22ClNOS. The minimum atomic E-state index is 0.149. The number of rotatable bonds is 7. The van der Waals surface area contributed by atoms with Crippen molar-refractivity contribution in [3.05, 3.63) is 21.9 Å². The van der Waals surface area contributed by atoms with Crippen molar-refractivity contribution in [1.82, 2.24) is 4.90 Å². The smallest absolute Gasteiger partial charge is 0.264 e. The molecule has 0 aliphatic carbocycles. The van der Waals surface area contributed by atoms with E-state index in [-0.39, 0.29) is 5.91 Å². The van der Waals surface area contributed by atoms with Gasteiger partial charge in [0.15, 0.2) is 0 Å². The molecule has 1 heterocycles. The van der Waals surface area contributed by atoms with E-state index in [1.54, 1.807) is 11.3 Å². The highest BCUT2D eigenvalue weighted by Gasteiger charge is 2.24. The summed E-state index contributed by atoms with van der Waals surface area (Å²) in [6.07, 6.45) is 2.86. The standard InChI is InChI=1S/C14H22ClNOS/c1-4-11-7-10-18-13(11)14(17)16(9-8-15)12(5-2)6-3/h7,10,12H,4-6,8-9H2,1-3H3. The van der Waals surface area contributed by atoms with Gasteiger partial charge in [-0.2, -0.15) is 0 Å². The van der Waals surface area contributed by atoms with E-state index >= 15 is 0 Å². The molecule has 1 amide bonds. The first kappa shape index (κ1) is 15.5. The predicted molar refractivity (Wildman–Crippen MR) is 79.8 cm³/mol. The molecule has 1 aromatic heterocycles. The molecule has 0 aliphatic rings. The Morgan fingerprint density at radius 3 is 2.56 bits per heavy atom. The van der Waals surface area contributed by atoms with Gasteiger partial charge >= 0.3 is 0 Å². The molecule has 18 heavy (non-hydrogen) atoms. The average Bonchev–Trinajstić information content (AvgIpc) is 2.86. The Kier molecular flexibility index (Phi) is 6.72. The minimum absolute atomic E-state index is 0.149. The number of carbonyl (C=O) groups is 1. The topological polar surface area (TPSA) is 20.3 Å². The number of hydrogen-bond donors (Lipinski definition) is 0. The van der Waals surface area contributed by atoms with Crippen molar-refractivity contribution in [2.75, 3.05) is 12.4 Å². The van der Waals surface area contributed by atoms with E-state index in [4.69, 9.17) is 11.6 Å². The Bertz CT molecular complexity index is 374. The third kappa shape index (κ3) is 3.48. The molecule has 0 atom stereocenters. The Hall–Kier alpha value is -0.540. The lowest BCUT2D eigenvalue weighted by Crippen LogP contribution is -2.41. The summed E-state index contributed by atoms with van der Waals surface area (Å²) in [5, 5.41) is 2.00. The maximum Gasteiger partial charge on any atom is 0.264 e. The van der Waals surface area contributed by atoms with Gasteiger partial charge in [0.25, 0.3) is 5.91 Å². The van der Waals surface area contributed by atoms with E-state index < -0.39 is 0 Å². The fraction of sp³-hybridized carbons (Fsp3) is 0.643. The van der Waals surface area contributed by atoms with E-state index in [1.165, 1.54) is 0 Å². The van der Waals surface area contributed by atoms with Crippen LogP contribution in [-0.4, -0.2) is 29.3 Å². The highest BCUT2D eigenvalue weighted by Crippen LogP contribution is 2.22. The van der Waals surface area contributed by atoms with Crippen molar-refractivity contribution >= 4 is 28.8 Å². The number of nitrogens with zero attached hydrogens (tertiary/aromatic N) is 1. The van der Waals surface area contributed by atoms with Gasteiger partial charge < -0.3 is 4.90 Å². The molecule has 4 heteroatoms. The van der Waals surface area contributed by atoms with Crippen LogP contribution in [0.25, 0.3) is 0 Å². The van der Waals surface area contributed by atoms with Gasteiger partial charge in [-0.25, -0.2) is 0 Å². The van der Waals surface area contributed by atoms with E-state index in [2.05, 4.69) is 20.8 Å². The van der Waals surface area contributed by atoms with Crippen LogP contribution in [0.15, 0.2) is 11.4 Å². The first-order valence-corrected chi connectivity index (χ1v) is 8.04. The van der Waals surface area contributed by atoms with Gasteiger partial charge in [0, 0.05) is 18.5 Å². The third-order valence-electron chi connectivity index (χ3n) is 3.29. The number of hydrogen-bond acceptors (Lipinski definition) is 2. The molecule has 0 saturated heterocycles. The van der Waals surface area contributed by atoms with Crippen molar-refractivity contribution < 1.29 is 4.79 Å². The lowest BCUT2D eigenvalue weighted by atomic mass is 10.1. The van der Waals surface area contributed by atoms with Crippen molar-refractivity contribution in [3.8, 4) is 0 Å². The molecule has 0 spiro atoms. The first-order valence-electron chi connectivity index (χ1n) is 6.62. The molecule has 0 unspecified atom stereocenters. The second-order valence-corrected chi connectivity index (χ2v) is 5.58. The summed E-state index contributed by atoms with van der Waals surface area (Å²) in [5.74, 6) is 0.644. The number of alkyl halides is 1. The largest absolute Gasteiger partial charge is 0.334 e. The van der Waals surface area contributed by atoms with E-state index in [0.717, 1.165) is 29.7 Å². The minimum Gasteiger partial charge on any atom is -0.334 e. The zero-order valence-corrected chi connectivity index (χ0v) is 13.0. The van der Waals surface area contributed by atoms with Crippen LogP contribution in [0.1, 0.15) is 48.8 Å². The average molecular weight is 288 g/mol. The molecule has 1 aromatic rings. The number of amides is 1. The molecule has 0 radical (unpaired) electrons. The highest BCUT2D eigenvalue weighted by molar-refractivity contribution is 7.12. The normalized spacial score (nSPS) is 10.9. The fourth-order valence-electron chi connectivity index (χ4n) is 2.20. The maximum atomic E-state index is 12.6. The summed E-state index contributed by atoms with van der Waals surface area (Å²) >= 11 is 7.38. The van der Waals surface area contributed by atoms with Crippen LogP contribution >= 0.6 is 22.9 Å². The van der Waals surface area contributed by atoms with E-state index in [1.807, 2.05) is 16.3 Å². The summed E-state index contributed by atoms with van der Waals surface area (Å²) in [4.78, 5) is 15.4. The number of halogens is 1. The van der Waals surface area contributed by atoms with Gasteiger partial charge in [-0.3, -0.25) is 4.79 Å². The Balaban J connectivity index is 2.95. The molecule has 2 nitrogen and oxygen atoms in total. The molecule has 0 aromatic carbocycles. The lowest BCUT2D eigenvalue weighted by Gasteiger charge is -2.30. The second kappa shape index (κ2) is 7.80. The Morgan fingerprint density at radius 2 is 2.06 bits per heavy atom. The first-order chi connectivity index (χ1) is 8.69. The van der Waals surface area contributed by atoms with Crippen LogP contribution in [-0.2, 0) is 6.42 Å². The van der Waals surface area contributed by atoms with Gasteiger partial charge in [0.2, 0.25) is 0 Å². The van der Waals surface area contributed by atoms with E-state index in [0.29, 0.717) is 18.5 Å². The number of carbonyl (C=O) groups excluding carboxylic acids is 1. The summed E-state index contributed by atoms with van der Waals surface area (Å²) in [6.45, 7) is 6.96. The monoisotopic (exact) mass is 287 g/mol. The molecular weight excluding hydrogens is 266 g/mol. The Morgan fingerprint density at radius 1 is 1.39 bits per heavy atom. The second-order valence-electron chi connectivity index (χ2n) is 4.29. The molecule has 0 saturated carbocycles. The van der Waals surface area contributed by atoms with Gasteiger partial charge in [0.05, 0.1) is 4.88 Å². The summed E-state index contributed by atoms with van der Waals surface area (Å²) in [6, 6.07) is 2.34. The van der Waals surface area contributed by atoms with Crippen LogP contribution in [0.3, 0.4) is 0 Å². The lowest BCUT2D eigenvalue weighted by molar-refractivity contribution is 0.0685. The van der Waals surface area contributed by atoms with Crippen molar-refractivity contribution in [2.45, 2.75) is 46.1 Å². The fourth-order valence-corrected chi connectivity index (χ4v) is 3.33. The third-order valence-corrected chi connectivity index (χ3v) is 4.41. The SMILES string of the molecule is CCc1ccsc1C(=O)N(CCCl)C(CC)CC. The van der Waals surface area contributed by atoms with Crippen LogP contribution in [0.5, 0.6) is 0 Å². The van der Waals surface area contributed by atoms with Gasteiger partial charge in [0.1, 0.15) is 0 Å². The highest BCUT2D eigenvalue weighted by atomic mass is 35.5. The van der Waals surface area contributed by atoms with Gasteiger partial charge in [-0.1, -0.05) is 20.8 Å². The molecule has 0 aliphatic heterocycles. The molecule has 102 valence electrons. The molecule has 0 bridgehead atoms. The quantitative estimate of drug-likeness (QED) is 0.689. The molecule has 0 N–H and O–H groups in total. The van der Waals surface area contributed by atoms with Crippen molar-refractivity contribution in [1.29, 1.82) is 0 Å². The molecule has 1 rings (SSSR count).